The van der Waals surface area contributed by atoms with Crippen molar-refractivity contribution in [1.82, 2.24) is 4.57 Å². The number of fused-ring (bicyclic) bond motifs is 3. The van der Waals surface area contributed by atoms with Crippen LogP contribution in [0.1, 0.15) is 0 Å². The van der Waals surface area contributed by atoms with Gasteiger partial charge in [0.2, 0.25) is 0 Å². The van der Waals surface area contributed by atoms with E-state index in [4.69, 9.17) is 0 Å². The van der Waals surface area contributed by atoms with Crippen LogP contribution in [0.5, 0.6) is 0 Å². The quantitative estimate of drug-likeness (QED) is 0.141. The first-order chi connectivity index (χ1) is 30.8. The second-order valence-electron chi connectivity index (χ2n) is 15.7. The molecule has 0 aliphatic rings. The summed E-state index contributed by atoms with van der Waals surface area (Å²) < 4.78 is 2.37. The van der Waals surface area contributed by atoms with Crippen molar-refractivity contribution in [3.05, 3.63) is 255 Å². The highest BCUT2D eigenvalue weighted by atomic mass is 15.1. The van der Waals surface area contributed by atoms with E-state index in [0.29, 0.717) is 0 Å². The lowest BCUT2D eigenvalue weighted by Gasteiger charge is -2.26. The maximum Gasteiger partial charge on any atom is 0.0541 e. The Hall–Kier alpha value is -8.20. The third-order valence-corrected chi connectivity index (χ3v) is 12.1. The first-order valence-electron chi connectivity index (χ1n) is 21.3. The highest BCUT2D eigenvalue weighted by Gasteiger charge is 2.18. The van der Waals surface area contributed by atoms with Crippen LogP contribution in [0.4, 0.5) is 17.1 Å². The van der Waals surface area contributed by atoms with E-state index in [1.54, 1.807) is 0 Å². The summed E-state index contributed by atoms with van der Waals surface area (Å²) in [5, 5.41) is 2.54. The van der Waals surface area contributed by atoms with Crippen LogP contribution in [0.2, 0.25) is 0 Å². The van der Waals surface area contributed by atoms with Gasteiger partial charge in [0.1, 0.15) is 0 Å². The summed E-state index contributed by atoms with van der Waals surface area (Å²) in [5.74, 6) is 0. The fourth-order valence-corrected chi connectivity index (χ4v) is 9.13. The first kappa shape index (κ1) is 36.8. The van der Waals surface area contributed by atoms with Gasteiger partial charge in [-0.05, 0) is 116 Å². The SMILES string of the molecule is c1ccc(-c2ccccc2-c2ccccc2-c2ccccc2-c2ccc(N(c3ccccc3)c3ccc(-c4ccc(-n5c6ccccc6c6ccccc65)cc4)cc3)cc2)cc1. The Kier molecular flexibility index (Phi) is 9.57. The van der Waals surface area contributed by atoms with Gasteiger partial charge in [0.15, 0.2) is 0 Å². The second kappa shape index (κ2) is 16.1. The monoisotopic (exact) mass is 790 g/mol. The van der Waals surface area contributed by atoms with Crippen LogP contribution < -0.4 is 4.90 Å². The van der Waals surface area contributed by atoms with Crippen LogP contribution in [0.3, 0.4) is 0 Å². The third kappa shape index (κ3) is 6.74. The topological polar surface area (TPSA) is 8.17 Å². The maximum atomic E-state index is 2.37. The van der Waals surface area contributed by atoms with Crippen molar-refractivity contribution >= 4 is 38.9 Å². The molecule has 11 aromatic rings. The molecule has 0 amide bonds. The fraction of sp³-hybridized carbons (Fsp3) is 0. The molecule has 0 unspecified atom stereocenters. The van der Waals surface area contributed by atoms with Gasteiger partial charge in [0.05, 0.1) is 11.0 Å². The highest BCUT2D eigenvalue weighted by molar-refractivity contribution is 6.09. The number of para-hydroxylation sites is 3. The summed E-state index contributed by atoms with van der Waals surface area (Å²) in [6.07, 6.45) is 0. The molecule has 0 aliphatic carbocycles. The minimum Gasteiger partial charge on any atom is -0.311 e. The van der Waals surface area contributed by atoms with Crippen molar-refractivity contribution in [2.45, 2.75) is 0 Å². The van der Waals surface area contributed by atoms with Crippen LogP contribution in [0, 0.1) is 0 Å². The molecule has 0 N–H and O–H groups in total. The van der Waals surface area contributed by atoms with Crippen LogP contribution in [-0.2, 0) is 0 Å². The molecule has 0 atom stereocenters. The van der Waals surface area contributed by atoms with Gasteiger partial charge in [0, 0.05) is 33.5 Å². The van der Waals surface area contributed by atoms with Gasteiger partial charge < -0.3 is 9.47 Å². The standard InChI is InChI=1S/C60H42N2/c1-3-17-45(18-4-1)51-21-7-9-23-53(51)55-25-11-12-26-56(55)54-24-10-8-22-52(54)46-35-41-49(42-36-46)61(47-19-5-2-6-20-47)48-37-31-43(32-38-48)44-33-39-50(40-34-44)62-59-29-15-13-27-57(59)58-28-14-16-30-60(58)62/h1-42H. The molecule has 2 heteroatoms. The van der Waals surface area contributed by atoms with E-state index in [0.717, 1.165) is 22.7 Å². The fourth-order valence-electron chi connectivity index (χ4n) is 9.13. The van der Waals surface area contributed by atoms with E-state index in [-0.39, 0.29) is 0 Å². The predicted molar refractivity (Wildman–Crippen MR) is 263 cm³/mol. The molecule has 11 rings (SSSR count). The molecule has 62 heavy (non-hydrogen) atoms. The second-order valence-corrected chi connectivity index (χ2v) is 15.7. The van der Waals surface area contributed by atoms with Crippen molar-refractivity contribution in [1.29, 1.82) is 0 Å². The average molecular weight is 791 g/mol. The van der Waals surface area contributed by atoms with E-state index in [1.807, 2.05) is 0 Å². The summed E-state index contributed by atoms with van der Waals surface area (Å²) in [6, 6.07) is 91.9. The van der Waals surface area contributed by atoms with Crippen molar-refractivity contribution in [2.24, 2.45) is 0 Å². The van der Waals surface area contributed by atoms with E-state index >= 15 is 0 Å². The number of benzene rings is 10. The number of rotatable bonds is 9. The predicted octanol–water partition coefficient (Wildman–Crippen LogP) is 16.6. The van der Waals surface area contributed by atoms with Gasteiger partial charge in [0.25, 0.3) is 0 Å². The van der Waals surface area contributed by atoms with Gasteiger partial charge in [-0.25, -0.2) is 0 Å². The number of nitrogens with zero attached hydrogens (tertiary/aromatic N) is 2. The van der Waals surface area contributed by atoms with E-state index < -0.39 is 0 Å². The maximum absolute atomic E-state index is 2.37. The largest absolute Gasteiger partial charge is 0.311 e. The molecule has 0 aliphatic heterocycles. The molecule has 0 bridgehead atoms. The van der Waals surface area contributed by atoms with Crippen LogP contribution in [0.15, 0.2) is 255 Å². The summed E-state index contributed by atoms with van der Waals surface area (Å²) in [5.41, 5.74) is 18.9. The van der Waals surface area contributed by atoms with E-state index in [2.05, 4.69) is 264 Å². The normalized spacial score (nSPS) is 11.2. The van der Waals surface area contributed by atoms with E-state index in [9.17, 15) is 0 Å². The Morgan fingerprint density at radius 3 is 1.03 bits per heavy atom. The Labute approximate surface area is 362 Å². The lowest BCUT2D eigenvalue weighted by Crippen LogP contribution is -2.09. The zero-order valence-electron chi connectivity index (χ0n) is 34.1. The Bertz CT molecular complexity index is 3260. The van der Waals surface area contributed by atoms with Gasteiger partial charge in [-0.3, -0.25) is 0 Å². The molecule has 0 spiro atoms. The van der Waals surface area contributed by atoms with Gasteiger partial charge >= 0.3 is 0 Å². The molecule has 1 aromatic heterocycles. The number of aromatic nitrogens is 1. The van der Waals surface area contributed by atoms with Crippen molar-refractivity contribution in [3.8, 4) is 61.3 Å². The van der Waals surface area contributed by atoms with Crippen molar-refractivity contribution < 1.29 is 0 Å². The van der Waals surface area contributed by atoms with E-state index in [1.165, 1.54) is 77.4 Å². The molecule has 0 saturated carbocycles. The molecule has 2 nitrogen and oxygen atoms in total. The Balaban J connectivity index is 0.912. The highest BCUT2D eigenvalue weighted by Crippen LogP contribution is 2.43. The summed E-state index contributed by atoms with van der Waals surface area (Å²) in [6.45, 7) is 0. The first-order valence-corrected chi connectivity index (χ1v) is 21.3. The average Bonchev–Trinajstić information content (AvgIpc) is 3.70. The molecule has 1 heterocycles. The lowest BCUT2D eigenvalue weighted by molar-refractivity contribution is 1.18. The number of hydrogen-bond acceptors (Lipinski definition) is 1. The van der Waals surface area contributed by atoms with Crippen LogP contribution >= 0.6 is 0 Å². The Morgan fingerprint density at radius 2 is 0.548 bits per heavy atom. The zero-order chi connectivity index (χ0) is 41.2. The minimum atomic E-state index is 1.10. The summed E-state index contributed by atoms with van der Waals surface area (Å²) in [4.78, 5) is 2.33. The lowest BCUT2D eigenvalue weighted by atomic mass is 9.87. The third-order valence-electron chi connectivity index (χ3n) is 12.1. The number of anilines is 3. The van der Waals surface area contributed by atoms with Crippen molar-refractivity contribution in [3.63, 3.8) is 0 Å². The smallest absolute Gasteiger partial charge is 0.0541 e. The summed E-state index contributed by atoms with van der Waals surface area (Å²) in [7, 11) is 0. The molecular weight excluding hydrogens is 749 g/mol. The molecule has 0 fully saturated rings. The molecule has 292 valence electrons. The molecule has 10 aromatic carbocycles. The van der Waals surface area contributed by atoms with Gasteiger partial charge in [-0.1, -0.05) is 194 Å². The molecule has 0 saturated heterocycles. The van der Waals surface area contributed by atoms with Gasteiger partial charge in [-0.2, -0.15) is 0 Å². The zero-order valence-corrected chi connectivity index (χ0v) is 34.1. The summed E-state index contributed by atoms with van der Waals surface area (Å²) >= 11 is 0. The minimum absolute atomic E-state index is 1.10. The van der Waals surface area contributed by atoms with Crippen LogP contribution in [-0.4, -0.2) is 4.57 Å². The van der Waals surface area contributed by atoms with Crippen LogP contribution in [0.25, 0.3) is 83.1 Å². The number of hydrogen-bond donors (Lipinski definition) is 0. The molecular formula is C60H42N2. The van der Waals surface area contributed by atoms with Crippen molar-refractivity contribution in [2.75, 3.05) is 4.90 Å². The Morgan fingerprint density at radius 1 is 0.226 bits per heavy atom. The molecule has 0 radical (unpaired) electrons. The van der Waals surface area contributed by atoms with Gasteiger partial charge in [-0.15, -0.1) is 0 Å².